The number of thiophene rings is 1. The van der Waals surface area contributed by atoms with Gasteiger partial charge in [0, 0.05) is 13.0 Å². The Kier molecular flexibility index (Phi) is 5.74. The van der Waals surface area contributed by atoms with Crippen molar-refractivity contribution in [1.29, 1.82) is 0 Å². The van der Waals surface area contributed by atoms with Gasteiger partial charge in [0.05, 0.1) is 13.6 Å². The monoisotopic (exact) mass is 421 g/mol. The van der Waals surface area contributed by atoms with Gasteiger partial charge in [0.25, 0.3) is 0 Å². The zero-order valence-electron chi connectivity index (χ0n) is 11.3. The quantitative estimate of drug-likeness (QED) is 0.553. The maximum Gasteiger partial charge on any atom is 0.138 e. The van der Waals surface area contributed by atoms with Crippen LogP contribution in [0.4, 0.5) is 0 Å². The first-order valence-electron chi connectivity index (χ1n) is 6.28. The molecule has 0 aliphatic heterocycles. The highest BCUT2D eigenvalue weighted by atomic mass is 79.9. The van der Waals surface area contributed by atoms with Crippen molar-refractivity contribution in [3.05, 3.63) is 31.4 Å². The van der Waals surface area contributed by atoms with Crippen LogP contribution in [0.2, 0.25) is 0 Å². The van der Waals surface area contributed by atoms with E-state index in [0.717, 1.165) is 25.5 Å². The van der Waals surface area contributed by atoms with Crippen LogP contribution in [0.1, 0.15) is 31.3 Å². The predicted molar refractivity (Wildman–Crippen MR) is 88.3 cm³/mol. The van der Waals surface area contributed by atoms with Crippen LogP contribution in [0.5, 0.6) is 0 Å². The Bertz CT molecular complexity index is 566. The molecule has 2 aromatic rings. The van der Waals surface area contributed by atoms with Crippen LogP contribution >= 0.6 is 43.2 Å². The lowest BCUT2D eigenvalue weighted by Crippen LogP contribution is -2.30. The van der Waals surface area contributed by atoms with Gasteiger partial charge in [0.15, 0.2) is 0 Å². The highest BCUT2D eigenvalue weighted by Gasteiger charge is 2.19. The summed E-state index contributed by atoms with van der Waals surface area (Å²) < 4.78 is 4.09. The third kappa shape index (κ3) is 3.88. The number of nitrogens with zero attached hydrogens (tertiary/aromatic N) is 3. The van der Waals surface area contributed by atoms with Crippen molar-refractivity contribution in [2.45, 2.75) is 32.9 Å². The van der Waals surface area contributed by atoms with E-state index in [0.29, 0.717) is 12.3 Å². The molecule has 0 saturated carbocycles. The Labute approximate surface area is 139 Å². The van der Waals surface area contributed by atoms with Crippen LogP contribution in [0, 0.1) is 5.92 Å². The van der Waals surface area contributed by atoms with Crippen molar-refractivity contribution < 1.29 is 0 Å². The molecule has 0 amide bonds. The lowest BCUT2D eigenvalue weighted by molar-refractivity contribution is 0.446. The lowest BCUT2D eigenvalue weighted by Gasteiger charge is -2.16. The highest BCUT2D eigenvalue weighted by Crippen LogP contribution is 2.36. The molecule has 1 unspecified atom stereocenters. The molecule has 1 atom stereocenters. The molecule has 2 aromatic heterocycles. The van der Waals surface area contributed by atoms with Crippen molar-refractivity contribution in [3.63, 3.8) is 0 Å². The Morgan fingerprint density at radius 2 is 2.20 bits per heavy atom. The molecule has 110 valence electrons. The van der Waals surface area contributed by atoms with Gasteiger partial charge in [0.2, 0.25) is 0 Å². The van der Waals surface area contributed by atoms with E-state index < -0.39 is 0 Å². The van der Waals surface area contributed by atoms with Crippen LogP contribution in [0.3, 0.4) is 0 Å². The van der Waals surface area contributed by atoms with Gasteiger partial charge in [-0.3, -0.25) is 11.3 Å². The minimum Gasteiger partial charge on any atom is -0.271 e. The normalized spacial score (nSPS) is 13.1. The van der Waals surface area contributed by atoms with Gasteiger partial charge in [0.1, 0.15) is 12.2 Å². The second kappa shape index (κ2) is 7.13. The van der Waals surface area contributed by atoms with Crippen molar-refractivity contribution in [1.82, 2.24) is 20.2 Å². The maximum absolute atomic E-state index is 5.71. The van der Waals surface area contributed by atoms with Gasteiger partial charge in [-0.1, -0.05) is 13.8 Å². The third-order valence-electron chi connectivity index (χ3n) is 2.88. The van der Waals surface area contributed by atoms with Crippen molar-refractivity contribution in [2.75, 3.05) is 0 Å². The summed E-state index contributed by atoms with van der Waals surface area (Å²) in [4.78, 5) is 4.35. The zero-order chi connectivity index (χ0) is 14.7. The minimum absolute atomic E-state index is 0.00189. The van der Waals surface area contributed by atoms with Crippen LogP contribution in [-0.4, -0.2) is 14.8 Å². The summed E-state index contributed by atoms with van der Waals surface area (Å²) in [7, 11) is 0. The molecular formula is C12H17Br2N5S. The third-order valence-corrected chi connectivity index (χ3v) is 5.27. The molecule has 2 heterocycles. The second-order valence-corrected chi connectivity index (χ2v) is 8.70. The molecular weight excluding hydrogens is 406 g/mol. The van der Waals surface area contributed by atoms with Crippen LogP contribution < -0.4 is 11.3 Å². The van der Waals surface area contributed by atoms with E-state index in [1.54, 1.807) is 17.7 Å². The zero-order valence-corrected chi connectivity index (χ0v) is 15.3. The molecule has 0 bridgehead atoms. The average molecular weight is 423 g/mol. The van der Waals surface area contributed by atoms with E-state index in [2.05, 4.69) is 67.3 Å². The van der Waals surface area contributed by atoms with Crippen molar-refractivity contribution >= 4 is 43.2 Å². The fourth-order valence-corrected chi connectivity index (χ4v) is 4.95. The molecule has 0 aliphatic rings. The average Bonchev–Trinajstić information content (AvgIpc) is 2.92. The molecule has 20 heavy (non-hydrogen) atoms. The van der Waals surface area contributed by atoms with E-state index in [4.69, 9.17) is 5.84 Å². The summed E-state index contributed by atoms with van der Waals surface area (Å²) in [5.41, 5.74) is 3.99. The number of nitrogens with one attached hydrogen (secondary N) is 1. The van der Waals surface area contributed by atoms with Crippen LogP contribution in [0.15, 0.2) is 20.0 Å². The largest absolute Gasteiger partial charge is 0.271 e. The fourth-order valence-electron chi connectivity index (χ4n) is 1.98. The van der Waals surface area contributed by atoms with Crippen LogP contribution in [0.25, 0.3) is 0 Å². The number of nitrogens with two attached hydrogens (primary N) is 1. The van der Waals surface area contributed by atoms with Gasteiger partial charge in [-0.05, 0) is 49.4 Å². The van der Waals surface area contributed by atoms with Gasteiger partial charge >= 0.3 is 0 Å². The molecule has 0 aromatic carbocycles. The number of rotatable bonds is 6. The first-order chi connectivity index (χ1) is 9.51. The predicted octanol–water partition coefficient (Wildman–Crippen LogP) is 3.27. The second-order valence-electron chi connectivity index (χ2n) is 4.96. The molecule has 0 fully saturated rings. The smallest absolute Gasteiger partial charge is 0.138 e. The molecule has 2 rings (SSSR count). The maximum atomic E-state index is 5.71. The lowest BCUT2D eigenvalue weighted by atomic mass is 10.1. The summed E-state index contributed by atoms with van der Waals surface area (Å²) in [6.45, 7) is 5.19. The first-order valence-corrected chi connectivity index (χ1v) is 8.69. The SMILES string of the molecule is CC(C)Cn1ncnc1CC(NN)c1cc(Br)sc1Br. The highest BCUT2D eigenvalue weighted by molar-refractivity contribution is 9.12. The Balaban J connectivity index is 2.18. The van der Waals surface area contributed by atoms with Crippen molar-refractivity contribution in [2.24, 2.45) is 11.8 Å². The number of hydrogen-bond donors (Lipinski definition) is 2. The standard InChI is InChI=1S/C12H17Br2N5S/c1-7(2)5-19-11(16-6-17-19)4-9(18-15)8-3-10(13)20-12(8)14/h3,6-7,9,18H,4-5,15H2,1-2H3. The molecule has 0 spiro atoms. The van der Waals surface area contributed by atoms with Gasteiger partial charge in [-0.25, -0.2) is 9.67 Å². The number of aromatic nitrogens is 3. The van der Waals surface area contributed by atoms with Gasteiger partial charge in [-0.15, -0.1) is 11.3 Å². The van der Waals surface area contributed by atoms with Gasteiger partial charge < -0.3 is 0 Å². The number of hydrogen-bond acceptors (Lipinski definition) is 5. The van der Waals surface area contributed by atoms with Crippen LogP contribution in [-0.2, 0) is 13.0 Å². The molecule has 3 N–H and O–H groups in total. The molecule has 8 heteroatoms. The Hall–Kier alpha value is -0.280. The Morgan fingerprint density at radius 1 is 1.45 bits per heavy atom. The van der Waals surface area contributed by atoms with E-state index >= 15 is 0 Å². The first kappa shape index (κ1) is 16.1. The summed E-state index contributed by atoms with van der Waals surface area (Å²) in [5.74, 6) is 7.18. The summed E-state index contributed by atoms with van der Waals surface area (Å²) >= 11 is 8.70. The molecule has 0 radical (unpaired) electrons. The van der Waals surface area contributed by atoms with E-state index in [1.807, 2.05) is 4.68 Å². The van der Waals surface area contributed by atoms with Gasteiger partial charge in [-0.2, -0.15) is 5.10 Å². The fraction of sp³-hybridized carbons (Fsp3) is 0.500. The van der Waals surface area contributed by atoms with E-state index in [-0.39, 0.29) is 6.04 Å². The molecule has 0 saturated heterocycles. The summed E-state index contributed by atoms with van der Waals surface area (Å²) in [6.07, 6.45) is 2.30. The molecule has 5 nitrogen and oxygen atoms in total. The van der Waals surface area contributed by atoms with E-state index in [9.17, 15) is 0 Å². The number of halogens is 2. The van der Waals surface area contributed by atoms with Crippen molar-refractivity contribution in [3.8, 4) is 0 Å². The summed E-state index contributed by atoms with van der Waals surface area (Å²) in [6, 6.07) is 2.07. The van der Waals surface area contributed by atoms with E-state index in [1.165, 1.54) is 0 Å². The molecule has 0 aliphatic carbocycles. The Morgan fingerprint density at radius 3 is 2.75 bits per heavy atom. The summed E-state index contributed by atoms with van der Waals surface area (Å²) in [5, 5.41) is 4.28. The minimum atomic E-state index is 0.00189. The topological polar surface area (TPSA) is 68.8 Å². The number of hydrazine groups is 1.